The molecule has 0 saturated heterocycles. The first-order valence-electron chi connectivity index (χ1n) is 25.7. The van der Waals surface area contributed by atoms with Gasteiger partial charge in [-0.2, -0.15) is 17.9 Å². The summed E-state index contributed by atoms with van der Waals surface area (Å²) in [6, 6.07) is 9.46. The number of ketones is 1. The number of nitrogens with two attached hydrogens (primary N) is 1. The predicted octanol–water partition coefficient (Wildman–Crippen LogP) is 3.48. The van der Waals surface area contributed by atoms with E-state index in [1.807, 2.05) is 4.72 Å². The number of ether oxygens (including phenoxy) is 4. The van der Waals surface area contributed by atoms with Gasteiger partial charge in [-0.15, -0.1) is 0 Å². The van der Waals surface area contributed by atoms with Crippen molar-refractivity contribution in [2.75, 3.05) is 76.9 Å². The highest BCUT2D eigenvalue weighted by Crippen LogP contribution is 2.38. The molecule has 2 unspecified atom stereocenters. The summed E-state index contributed by atoms with van der Waals surface area (Å²) in [6.45, 7) is 6.35. The van der Waals surface area contributed by atoms with Gasteiger partial charge in [-0.1, -0.05) is 12.1 Å². The Morgan fingerprint density at radius 1 is 0.819 bits per heavy atom. The van der Waals surface area contributed by atoms with Crippen LogP contribution in [0.5, 0.6) is 11.5 Å². The topological polar surface area (TPSA) is 386 Å². The number of alkyl halides is 3. The molecule has 1 aromatic heterocycles. The maximum atomic E-state index is 13.9. The van der Waals surface area contributed by atoms with Crippen molar-refractivity contribution < 1.29 is 98.0 Å². The maximum Gasteiger partial charge on any atom is 0.524 e. The van der Waals surface area contributed by atoms with Crippen LogP contribution in [0.1, 0.15) is 71.6 Å². The Hall–Kier alpha value is -7.51. The van der Waals surface area contributed by atoms with Crippen LogP contribution in [0.2, 0.25) is 0 Å². The Morgan fingerprint density at radius 3 is 2.06 bits per heavy atom. The van der Waals surface area contributed by atoms with Crippen molar-refractivity contribution in [1.82, 2.24) is 30.6 Å². The molecule has 1 aliphatic rings. The Morgan fingerprint density at radius 2 is 1.46 bits per heavy atom. The molecule has 3 aromatic carbocycles. The molecule has 2 heterocycles. The molecule has 1 aliphatic heterocycles. The van der Waals surface area contributed by atoms with Gasteiger partial charge in [0.15, 0.2) is 11.7 Å². The number of nitrogen functional groups attached to an aromatic ring is 1. The summed E-state index contributed by atoms with van der Waals surface area (Å²) < 4.78 is 106. The molecule has 0 aliphatic carbocycles. The summed E-state index contributed by atoms with van der Waals surface area (Å²) in [5, 5.41) is 10.9. The SMILES string of the molecule is Cc1cc(OCCCC(=O)NCCCOCCOCCOCCCNC(=O)CCc2ccc(OP(=O)(O)O)cc2N)cc(C)c1S(=O)(=O)NC(CNC(=O)C1=Nc2cc(CNc3ncc[nH]3)ccc2C(=O)C1C)C(=O)OOC(=O)C(F)(F)F. The van der Waals surface area contributed by atoms with E-state index in [1.54, 1.807) is 18.3 Å². The van der Waals surface area contributed by atoms with Crippen LogP contribution in [0.25, 0.3) is 0 Å². The summed E-state index contributed by atoms with van der Waals surface area (Å²) in [4.78, 5) is 112. The number of H-pyrrole nitrogens is 1. The monoisotopic (exact) mass is 1210 g/mol. The molecule has 3 amide bonds. The van der Waals surface area contributed by atoms with E-state index >= 15 is 0 Å². The number of benzene rings is 3. The van der Waals surface area contributed by atoms with Gasteiger partial charge >= 0.3 is 25.9 Å². The molecule has 0 saturated carbocycles. The van der Waals surface area contributed by atoms with Crippen LogP contribution < -0.4 is 41.0 Å². The summed E-state index contributed by atoms with van der Waals surface area (Å²) in [5.41, 5.74) is 7.64. The van der Waals surface area contributed by atoms with E-state index in [4.69, 9.17) is 34.5 Å². The van der Waals surface area contributed by atoms with E-state index in [0.29, 0.717) is 89.1 Å². The number of amides is 3. The van der Waals surface area contributed by atoms with Gasteiger partial charge in [0.05, 0.1) is 49.5 Å². The molecule has 10 N–H and O–H groups in total. The van der Waals surface area contributed by atoms with Crippen LogP contribution in [0.15, 0.2) is 70.8 Å². The molecule has 0 spiro atoms. The molecule has 4 aromatic rings. The molecule has 2 atom stereocenters. The number of anilines is 2. The number of sulfonamides is 1. The third-order valence-electron chi connectivity index (χ3n) is 11.8. The molecule has 32 heteroatoms. The largest absolute Gasteiger partial charge is 0.524 e. The van der Waals surface area contributed by atoms with Crippen molar-refractivity contribution >= 4 is 76.3 Å². The molecule has 27 nitrogen and oxygen atoms in total. The number of Topliss-reactive ketones (excluding diaryl/α,β-unsaturated/α-hetero) is 1. The number of phosphoric acid groups is 1. The van der Waals surface area contributed by atoms with Crippen LogP contribution in [0, 0.1) is 19.8 Å². The molecule has 83 heavy (non-hydrogen) atoms. The lowest BCUT2D eigenvalue weighted by molar-refractivity contribution is -0.286. The Bertz CT molecular complexity index is 3070. The Balaban J connectivity index is 0.969. The number of aliphatic imine (C=N–C) groups is 1. The predicted molar refractivity (Wildman–Crippen MR) is 289 cm³/mol. The summed E-state index contributed by atoms with van der Waals surface area (Å²) in [7, 11) is -9.51. The van der Waals surface area contributed by atoms with Crippen LogP contribution >= 0.6 is 7.82 Å². The first-order valence-corrected chi connectivity index (χ1v) is 28.8. The fraction of sp³-hybridized carbons (Fsp3) is 0.451. The van der Waals surface area contributed by atoms with Crippen molar-refractivity contribution in [2.24, 2.45) is 10.9 Å². The molecular formula is C51H65F3N9O18PS. The number of phosphoric ester groups is 1. The first kappa shape index (κ1) is 66.3. The lowest BCUT2D eigenvalue weighted by Gasteiger charge is -2.22. The van der Waals surface area contributed by atoms with Crippen LogP contribution in [-0.4, -0.2) is 147 Å². The van der Waals surface area contributed by atoms with E-state index < -0.39 is 66.2 Å². The molecule has 0 bridgehead atoms. The number of aromatic nitrogens is 2. The zero-order valence-electron chi connectivity index (χ0n) is 45.3. The van der Waals surface area contributed by atoms with Crippen LogP contribution in [-0.2, 0) is 75.5 Å². The van der Waals surface area contributed by atoms with Gasteiger partial charge in [-0.25, -0.2) is 42.3 Å². The standard InChI is InChI=1S/C51H65F3N9O18PS/c1-31-25-37(78-20-4-7-42(64)56-14-5-18-75-21-23-77-24-22-76-19-6-15-57-43(65)13-10-35-9-11-36(28-39(35)55)81-82(70,71)72)26-32(2)46(31)83(73,74)63-41(48(68)79-80-49(69)51(52,53)54)30-60-47(67)44-33(3)45(66)38-12-8-34(27-40(38)62-44)29-61-50-58-16-17-59-50/h8-9,11-12,16-17,25-28,33,41,63H,4-7,10,13-15,18-24,29-30,55H2,1-3H3,(H,56,64)(H,57,65)(H,60,67)(H2,58,59,61)(H2,70,71,72). The van der Waals surface area contributed by atoms with Gasteiger partial charge in [-0.3, -0.25) is 29.0 Å². The van der Waals surface area contributed by atoms with Crippen LogP contribution in [0.4, 0.5) is 30.5 Å². The maximum absolute atomic E-state index is 13.9. The fourth-order valence-corrected chi connectivity index (χ4v) is 9.89. The third kappa shape index (κ3) is 22.3. The number of aromatic amines is 1. The minimum Gasteiger partial charge on any atom is -0.494 e. The Kier molecular flexibility index (Phi) is 25.4. The van der Waals surface area contributed by atoms with Gasteiger partial charge in [0, 0.05) is 81.9 Å². The number of carbonyl (C=O) groups excluding carboxylic acids is 6. The van der Waals surface area contributed by atoms with Gasteiger partial charge in [-0.05, 0) is 99.0 Å². The van der Waals surface area contributed by atoms with Crippen LogP contribution in [0.3, 0.4) is 0 Å². The second-order valence-electron chi connectivity index (χ2n) is 18.4. The molecule has 0 radical (unpaired) electrons. The minimum absolute atomic E-state index is 0.0554. The van der Waals surface area contributed by atoms with Crippen molar-refractivity contribution in [3.63, 3.8) is 0 Å². The van der Waals surface area contributed by atoms with Gasteiger partial charge in [0.1, 0.15) is 23.3 Å². The normalized spacial score (nSPS) is 13.7. The molecule has 5 rings (SSSR count). The lowest BCUT2D eigenvalue weighted by Crippen LogP contribution is -2.51. The second-order valence-corrected chi connectivity index (χ2v) is 21.2. The van der Waals surface area contributed by atoms with Gasteiger partial charge in [0.25, 0.3) is 5.91 Å². The van der Waals surface area contributed by atoms with Crippen molar-refractivity contribution in [3.05, 3.63) is 88.7 Å². The zero-order chi connectivity index (χ0) is 60.7. The summed E-state index contributed by atoms with van der Waals surface area (Å²) in [6.07, 6.45) is -0.466. The van der Waals surface area contributed by atoms with Crippen molar-refractivity contribution in [1.29, 1.82) is 0 Å². The average molecular weight is 1210 g/mol. The number of halogens is 3. The average Bonchev–Trinajstić information content (AvgIpc) is 4.12. The molecular weight excluding hydrogens is 1150 g/mol. The minimum atomic E-state index is -5.59. The Labute approximate surface area is 474 Å². The number of nitrogens with zero attached hydrogens (tertiary/aromatic N) is 2. The van der Waals surface area contributed by atoms with Gasteiger partial charge < -0.3 is 55.5 Å². The van der Waals surface area contributed by atoms with Gasteiger partial charge in [0.2, 0.25) is 21.8 Å². The number of aryl methyl sites for hydroxylation is 3. The number of nitrogens with one attached hydrogen (secondary N) is 6. The molecule has 454 valence electrons. The number of fused-ring (bicyclic) bond motifs is 1. The molecule has 0 fully saturated rings. The van der Waals surface area contributed by atoms with E-state index in [0.717, 1.165) is 0 Å². The van der Waals surface area contributed by atoms with E-state index in [9.17, 15) is 54.9 Å². The number of imidazole rings is 1. The number of carbonyl (C=O) groups is 6. The second kappa shape index (κ2) is 31.8. The first-order chi connectivity index (χ1) is 39.3. The summed E-state index contributed by atoms with van der Waals surface area (Å²) >= 11 is 0. The highest BCUT2D eigenvalue weighted by atomic mass is 32.2. The number of hydrogen-bond acceptors (Lipinski definition) is 20. The third-order valence-corrected chi connectivity index (χ3v) is 14.1. The van der Waals surface area contributed by atoms with E-state index in [-0.39, 0.29) is 94.4 Å². The fourth-order valence-electron chi connectivity index (χ4n) is 7.86. The smallest absolute Gasteiger partial charge is 0.494 e. The highest BCUT2D eigenvalue weighted by Gasteiger charge is 2.44. The van der Waals surface area contributed by atoms with Crippen molar-refractivity contribution in [3.8, 4) is 11.5 Å². The lowest BCUT2D eigenvalue weighted by atomic mass is 9.89. The number of hydrogen-bond donors (Lipinski definition) is 9. The zero-order valence-corrected chi connectivity index (χ0v) is 47.0. The van der Waals surface area contributed by atoms with E-state index in [2.05, 4.69) is 50.5 Å². The van der Waals surface area contributed by atoms with E-state index in [1.165, 1.54) is 63.4 Å². The highest BCUT2D eigenvalue weighted by molar-refractivity contribution is 7.89. The quantitative estimate of drug-likeness (QED) is 0.0106. The number of rotatable bonds is 34. The summed E-state index contributed by atoms with van der Waals surface area (Å²) in [5.74, 6) is -7.25. The van der Waals surface area contributed by atoms with Crippen molar-refractivity contribution in [2.45, 2.75) is 83.0 Å².